The average Bonchev–Trinajstić information content (AvgIpc) is 3.38. The Morgan fingerprint density at radius 3 is 2.22 bits per heavy atom. The van der Waals surface area contributed by atoms with Gasteiger partial charge in [-0.05, 0) is 42.7 Å². The summed E-state index contributed by atoms with van der Waals surface area (Å²) in [5.41, 5.74) is 2.47. The van der Waals surface area contributed by atoms with Crippen molar-refractivity contribution in [3.05, 3.63) is 90.2 Å². The Balaban J connectivity index is 1.56. The molecule has 1 saturated heterocycles. The van der Waals surface area contributed by atoms with Gasteiger partial charge < -0.3 is 4.90 Å². The first-order valence-corrected chi connectivity index (χ1v) is 11.6. The Morgan fingerprint density at radius 2 is 1.50 bits per heavy atom. The maximum absolute atomic E-state index is 13.4. The molecular weight excluding hydrogens is 421 g/mol. The van der Waals surface area contributed by atoms with Crippen LogP contribution in [-0.2, 0) is 4.79 Å². The number of nitrogens with zero attached hydrogens (tertiary/aromatic N) is 3. The molecule has 1 unspecified atom stereocenters. The van der Waals surface area contributed by atoms with Crippen molar-refractivity contribution in [2.24, 2.45) is 0 Å². The van der Waals surface area contributed by atoms with Crippen molar-refractivity contribution in [2.45, 2.75) is 23.1 Å². The van der Waals surface area contributed by atoms with Crippen LogP contribution in [0.1, 0.15) is 23.7 Å². The van der Waals surface area contributed by atoms with Crippen LogP contribution in [0.3, 0.4) is 0 Å². The predicted molar refractivity (Wildman–Crippen MR) is 126 cm³/mol. The third-order valence-electron chi connectivity index (χ3n) is 5.74. The lowest BCUT2D eigenvalue weighted by atomic mass is 10.1. The first-order chi connectivity index (χ1) is 15.7. The molecule has 0 bridgehead atoms. The van der Waals surface area contributed by atoms with E-state index in [1.807, 2.05) is 59.5 Å². The summed E-state index contributed by atoms with van der Waals surface area (Å²) in [6.07, 6.45) is 2.10. The van der Waals surface area contributed by atoms with E-state index < -0.39 is 0 Å². The van der Waals surface area contributed by atoms with E-state index in [2.05, 4.69) is 10.2 Å². The fourth-order valence-corrected chi connectivity index (χ4v) is 5.25. The van der Waals surface area contributed by atoms with Gasteiger partial charge in [0.25, 0.3) is 0 Å². The summed E-state index contributed by atoms with van der Waals surface area (Å²) in [7, 11) is 0. The molecule has 3 aromatic carbocycles. The minimum atomic E-state index is -0.385. The maximum Gasteiger partial charge on any atom is 0.240 e. The zero-order valence-corrected chi connectivity index (χ0v) is 18.3. The van der Waals surface area contributed by atoms with Gasteiger partial charge in [-0.1, -0.05) is 66.4 Å². The zero-order chi connectivity index (χ0) is 21.9. The van der Waals surface area contributed by atoms with Gasteiger partial charge in [-0.15, -0.1) is 10.2 Å². The molecule has 1 atom stereocenters. The van der Waals surface area contributed by atoms with Crippen LogP contribution in [0.2, 0.25) is 0 Å². The standard InChI is InChI=1S/C26H22FN3OS/c27-20-14-12-18(13-15-20)23-21-10-4-5-11-22(21)25(29-28-23)32-24(19-8-2-1-3-9-19)26(31)30-16-6-7-17-30/h1-5,8-15,24H,6-7,16-17H2. The Labute approximate surface area is 190 Å². The minimum Gasteiger partial charge on any atom is -0.341 e. The summed E-state index contributed by atoms with van der Waals surface area (Å²) in [5.74, 6) is -0.170. The van der Waals surface area contributed by atoms with Crippen molar-refractivity contribution in [1.29, 1.82) is 0 Å². The number of thioether (sulfide) groups is 1. The molecule has 6 heteroatoms. The topological polar surface area (TPSA) is 46.1 Å². The largest absolute Gasteiger partial charge is 0.341 e. The third-order valence-corrected chi connectivity index (χ3v) is 6.98. The summed E-state index contributed by atoms with van der Waals surface area (Å²) in [6.45, 7) is 1.61. The van der Waals surface area contributed by atoms with Gasteiger partial charge in [0.1, 0.15) is 21.8 Å². The van der Waals surface area contributed by atoms with Crippen molar-refractivity contribution < 1.29 is 9.18 Å². The summed E-state index contributed by atoms with van der Waals surface area (Å²) < 4.78 is 13.4. The second kappa shape index (κ2) is 9.09. The number of benzene rings is 3. The molecule has 1 amide bonds. The van der Waals surface area contributed by atoms with Crippen molar-refractivity contribution in [1.82, 2.24) is 15.1 Å². The Bertz CT molecular complexity index is 1240. The molecule has 5 rings (SSSR count). The average molecular weight is 444 g/mol. The minimum absolute atomic E-state index is 0.118. The lowest BCUT2D eigenvalue weighted by Crippen LogP contribution is -2.31. The van der Waals surface area contributed by atoms with Gasteiger partial charge >= 0.3 is 0 Å². The number of hydrogen-bond donors (Lipinski definition) is 0. The number of carbonyl (C=O) groups excluding carboxylic acids is 1. The van der Waals surface area contributed by atoms with Crippen LogP contribution < -0.4 is 0 Å². The molecule has 2 heterocycles. The molecule has 160 valence electrons. The van der Waals surface area contributed by atoms with Gasteiger partial charge in [0, 0.05) is 29.4 Å². The molecule has 0 aliphatic carbocycles. The number of hydrogen-bond acceptors (Lipinski definition) is 4. The van der Waals surface area contributed by atoms with Gasteiger partial charge in [0.15, 0.2) is 0 Å². The summed E-state index contributed by atoms with van der Waals surface area (Å²) >= 11 is 1.45. The van der Waals surface area contributed by atoms with Crippen molar-refractivity contribution in [3.63, 3.8) is 0 Å². The number of carbonyl (C=O) groups is 1. The second-order valence-electron chi connectivity index (χ2n) is 7.85. The summed E-state index contributed by atoms with van der Waals surface area (Å²) in [4.78, 5) is 15.4. The molecule has 4 aromatic rings. The highest BCUT2D eigenvalue weighted by molar-refractivity contribution is 8.00. The third kappa shape index (κ3) is 4.10. The van der Waals surface area contributed by atoms with E-state index in [9.17, 15) is 9.18 Å². The summed E-state index contributed by atoms with van der Waals surface area (Å²) in [5, 5.41) is 11.2. The van der Waals surface area contributed by atoms with Crippen LogP contribution in [0, 0.1) is 5.82 Å². The van der Waals surface area contributed by atoms with Gasteiger partial charge in [0.2, 0.25) is 5.91 Å². The zero-order valence-electron chi connectivity index (χ0n) is 17.4. The van der Waals surface area contributed by atoms with Gasteiger partial charge in [-0.3, -0.25) is 4.79 Å². The van der Waals surface area contributed by atoms with E-state index in [4.69, 9.17) is 0 Å². The molecular formula is C26H22FN3OS. The van der Waals surface area contributed by atoms with Gasteiger partial charge in [-0.25, -0.2) is 4.39 Å². The lowest BCUT2D eigenvalue weighted by Gasteiger charge is -2.23. The van der Waals surface area contributed by atoms with Crippen molar-refractivity contribution in [2.75, 3.05) is 13.1 Å². The van der Waals surface area contributed by atoms with Gasteiger partial charge in [0.05, 0.1) is 0 Å². The summed E-state index contributed by atoms with van der Waals surface area (Å²) in [6, 6.07) is 24.0. The number of amides is 1. The normalized spacial score (nSPS) is 14.6. The smallest absolute Gasteiger partial charge is 0.240 e. The lowest BCUT2D eigenvalue weighted by molar-refractivity contribution is -0.129. The number of fused-ring (bicyclic) bond motifs is 1. The van der Waals surface area contributed by atoms with E-state index in [1.165, 1.54) is 23.9 Å². The highest BCUT2D eigenvalue weighted by Gasteiger charge is 2.30. The monoisotopic (exact) mass is 443 g/mol. The van der Waals surface area contributed by atoms with E-state index in [0.29, 0.717) is 10.7 Å². The Hall–Kier alpha value is -3.25. The number of rotatable bonds is 5. The van der Waals surface area contributed by atoms with Crippen LogP contribution in [0.25, 0.3) is 22.0 Å². The first-order valence-electron chi connectivity index (χ1n) is 10.7. The molecule has 0 spiro atoms. The molecule has 1 aromatic heterocycles. The number of halogens is 1. The predicted octanol–water partition coefficient (Wildman–Crippen LogP) is 5.89. The molecule has 0 N–H and O–H groups in total. The van der Waals surface area contributed by atoms with Crippen LogP contribution >= 0.6 is 11.8 Å². The van der Waals surface area contributed by atoms with E-state index in [-0.39, 0.29) is 17.0 Å². The quantitative estimate of drug-likeness (QED) is 0.361. The Morgan fingerprint density at radius 1 is 0.844 bits per heavy atom. The molecule has 0 saturated carbocycles. The highest BCUT2D eigenvalue weighted by atomic mass is 32.2. The molecule has 1 fully saturated rings. The van der Waals surface area contributed by atoms with Crippen molar-refractivity contribution in [3.8, 4) is 11.3 Å². The molecule has 1 aliphatic rings. The SMILES string of the molecule is O=C(C(Sc1nnc(-c2ccc(F)cc2)c2ccccc12)c1ccccc1)N1CCCC1. The van der Waals surface area contributed by atoms with Crippen LogP contribution in [-0.4, -0.2) is 34.1 Å². The second-order valence-corrected chi connectivity index (χ2v) is 8.94. The number of likely N-dealkylation sites (tertiary alicyclic amines) is 1. The Kier molecular flexibility index (Phi) is 5.86. The first kappa shape index (κ1) is 20.6. The van der Waals surface area contributed by atoms with Crippen LogP contribution in [0.5, 0.6) is 0 Å². The fraction of sp³-hybridized carbons (Fsp3) is 0.192. The molecule has 32 heavy (non-hydrogen) atoms. The van der Waals surface area contributed by atoms with E-state index >= 15 is 0 Å². The van der Waals surface area contributed by atoms with Crippen LogP contribution in [0.15, 0.2) is 83.9 Å². The molecule has 1 aliphatic heterocycles. The fourth-order valence-electron chi connectivity index (χ4n) is 4.09. The maximum atomic E-state index is 13.4. The van der Waals surface area contributed by atoms with Crippen LogP contribution in [0.4, 0.5) is 4.39 Å². The highest BCUT2D eigenvalue weighted by Crippen LogP contribution is 2.40. The van der Waals surface area contributed by atoms with Crippen molar-refractivity contribution >= 4 is 28.4 Å². The number of aromatic nitrogens is 2. The van der Waals surface area contributed by atoms with E-state index in [0.717, 1.165) is 47.8 Å². The molecule has 0 radical (unpaired) electrons. The van der Waals surface area contributed by atoms with E-state index in [1.54, 1.807) is 12.1 Å². The molecule has 4 nitrogen and oxygen atoms in total. The van der Waals surface area contributed by atoms with Gasteiger partial charge in [-0.2, -0.15) is 0 Å².